The quantitative estimate of drug-likeness (QED) is 0.911. The van der Waals surface area contributed by atoms with Crippen LogP contribution in [-0.4, -0.2) is 35.1 Å². The first-order valence-corrected chi connectivity index (χ1v) is 6.67. The van der Waals surface area contributed by atoms with Crippen LogP contribution in [0.4, 0.5) is 0 Å². The summed E-state index contributed by atoms with van der Waals surface area (Å²) in [7, 11) is 0. The van der Waals surface area contributed by atoms with E-state index in [4.69, 9.17) is 11.6 Å². The zero-order valence-electron chi connectivity index (χ0n) is 9.20. The Morgan fingerprint density at radius 2 is 2.35 bits per heavy atom. The van der Waals surface area contributed by atoms with Crippen molar-refractivity contribution >= 4 is 33.4 Å². The highest BCUT2D eigenvalue weighted by molar-refractivity contribution is 9.10. The van der Waals surface area contributed by atoms with Crippen LogP contribution < -0.4 is 0 Å². The lowest BCUT2D eigenvalue weighted by Crippen LogP contribution is -2.37. The topological polar surface area (TPSA) is 40.5 Å². The Bertz CT molecular complexity index is 439. The molecule has 1 atom stereocenters. The number of carbonyl (C=O) groups is 1. The Balaban J connectivity index is 2.24. The average molecular weight is 319 g/mol. The van der Waals surface area contributed by atoms with Gasteiger partial charge in [0.15, 0.2) is 0 Å². The molecule has 0 aliphatic carbocycles. The first-order valence-electron chi connectivity index (χ1n) is 5.50. The second-order valence-electron chi connectivity index (χ2n) is 4.10. The summed E-state index contributed by atoms with van der Waals surface area (Å²) < 4.78 is 0.693. The predicted molar refractivity (Wildman–Crippen MR) is 70.3 cm³/mol. The second-order valence-corrected chi connectivity index (χ2v) is 5.39. The second kappa shape index (κ2) is 5.38. The summed E-state index contributed by atoms with van der Waals surface area (Å²) in [5.74, 6) is -0.0508. The minimum atomic E-state index is -0.0509. The van der Waals surface area contributed by atoms with Gasteiger partial charge in [-0.05, 0) is 47.0 Å². The van der Waals surface area contributed by atoms with Crippen LogP contribution in [-0.2, 0) is 0 Å². The summed E-state index contributed by atoms with van der Waals surface area (Å²) in [6.45, 7) is 0.732. The highest BCUT2D eigenvalue weighted by Crippen LogP contribution is 2.26. The zero-order chi connectivity index (χ0) is 12.4. The fourth-order valence-electron chi connectivity index (χ4n) is 2.11. The molecule has 1 aliphatic heterocycles. The maximum Gasteiger partial charge on any atom is 0.255 e. The van der Waals surface area contributed by atoms with E-state index in [0.29, 0.717) is 21.6 Å². The summed E-state index contributed by atoms with van der Waals surface area (Å²) in [6.07, 6.45) is 1.82. The molecule has 0 unspecified atom stereocenters. The van der Waals surface area contributed by atoms with Crippen LogP contribution in [0.2, 0.25) is 5.02 Å². The number of halogens is 2. The standard InChI is InChI=1S/C12H13BrClNO2/c13-11-6-8(14)3-4-10(11)12(17)15-5-1-2-9(15)7-16/h3-4,6,9,16H,1-2,5,7H2/t9-/m0/s1. The van der Waals surface area contributed by atoms with E-state index < -0.39 is 0 Å². The number of carbonyl (C=O) groups excluding carboxylic acids is 1. The summed E-state index contributed by atoms with van der Waals surface area (Å²) >= 11 is 9.18. The Kier molecular flexibility index (Phi) is 4.07. The van der Waals surface area contributed by atoms with E-state index in [0.717, 1.165) is 12.8 Å². The summed E-state index contributed by atoms with van der Waals surface area (Å²) in [5.41, 5.74) is 0.592. The molecular formula is C12H13BrClNO2. The van der Waals surface area contributed by atoms with Gasteiger partial charge in [-0.2, -0.15) is 0 Å². The lowest BCUT2D eigenvalue weighted by atomic mass is 10.2. The van der Waals surface area contributed by atoms with E-state index in [1.165, 1.54) is 0 Å². The fourth-order valence-corrected chi connectivity index (χ4v) is 2.96. The van der Waals surface area contributed by atoms with E-state index in [-0.39, 0.29) is 18.6 Å². The summed E-state index contributed by atoms with van der Waals surface area (Å²) in [5, 5.41) is 9.81. The number of rotatable bonds is 2. The molecule has 1 N–H and O–H groups in total. The number of hydrogen-bond donors (Lipinski definition) is 1. The van der Waals surface area contributed by atoms with Gasteiger partial charge in [0.2, 0.25) is 0 Å². The number of hydrogen-bond acceptors (Lipinski definition) is 2. The number of nitrogens with zero attached hydrogens (tertiary/aromatic N) is 1. The van der Waals surface area contributed by atoms with Gasteiger partial charge < -0.3 is 10.0 Å². The van der Waals surface area contributed by atoms with Crippen molar-refractivity contribution in [3.8, 4) is 0 Å². The zero-order valence-corrected chi connectivity index (χ0v) is 11.5. The maximum atomic E-state index is 12.3. The summed E-state index contributed by atoms with van der Waals surface area (Å²) in [6, 6.07) is 5.06. The van der Waals surface area contributed by atoms with Gasteiger partial charge in [0.25, 0.3) is 5.91 Å². The SMILES string of the molecule is O=C(c1ccc(Cl)cc1Br)N1CCC[C@H]1CO. The molecule has 1 aromatic carbocycles. The minimum Gasteiger partial charge on any atom is -0.394 e. The normalized spacial score (nSPS) is 19.7. The maximum absolute atomic E-state index is 12.3. The van der Waals surface area contributed by atoms with E-state index in [1.54, 1.807) is 23.1 Å². The van der Waals surface area contributed by atoms with Gasteiger partial charge in [0, 0.05) is 16.0 Å². The molecule has 3 nitrogen and oxygen atoms in total. The van der Waals surface area contributed by atoms with Crippen molar-refractivity contribution in [3.63, 3.8) is 0 Å². The number of aliphatic hydroxyl groups excluding tert-OH is 1. The molecule has 0 aromatic heterocycles. The molecule has 0 spiro atoms. The summed E-state index contributed by atoms with van der Waals surface area (Å²) in [4.78, 5) is 14.0. The van der Waals surface area contributed by atoms with Crippen LogP contribution in [0.3, 0.4) is 0 Å². The van der Waals surface area contributed by atoms with Gasteiger partial charge in [-0.1, -0.05) is 11.6 Å². The third-order valence-corrected chi connectivity index (χ3v) is 3.90. The van der Waals surface area contributed by atoms with Crippen LogP contribution in [0.15, 0.2) is 22.7 Å². The lowest BCUT2D eigenvalue weighted by Gasteiger charge is -2.23. The van der Waals surface area contributed by atoms with Crippen molar-refractivity contribution in [3.05, 3.63) is 33.3 Å². The third kappa shape index (κ3) is 2.64. The molecule has 2 rings (SSSR count). The van der Waals surface area contributed by atoms with Crippen molar-refractivity contribution in [1.82, 2.24) is 4.90 Å². The molecule has 0 radical (unpaired) electrons. The van der Waals surface area contributed by atoms with Gasteiger partial charge in [0.1, 0.15) is 0 Å². The highest BCUT2D eigenvalue weighted by atomic mass is 79.9. The molecule has 1 amide bonds. The first-order chi connectivity index (χ1) is 8.13. The van der Waals surface area contributed by atoms with Crippen molar-refractivity contribution in [2.45, 2.75) is 18.9 Å². The van der Waals surface area contributed by atoms with E-state index in [9.17, 15) is 9.90 Å². The fraction of sp³-hybridized carbons (Fsp3) is 0.417. The Hall–Kier alpha value is -0.580. The molecule has 17 heavy (non-hydrogen) atoms. The van der Waals surface area contributed by atoms with Gasteiger partial charge in [-0.3, -0.25) is 4.79 Å². The lowest BCUT2D eigenvalue weighted by molar-refractivity contribution is 0.0676. The van der Waals surface area contributed by atoms with Crippen molar-refractivity contribution in [2.75, 3.05) is 13.2 Å². The van der Waals surface area contributed by atoms with Gasteiger partial charge in [-0.25, -0.2) is 0 Å². The third-order valence-electron chi connectivity index (χ3n) is 3.01. The largest absolute Gasteiger partial charge is 0.394 e. The Morgan fingerprint density at radius 3 is 3.00 bits per heavy atom. The Morgan fingerprint density at radius 1 is 1.59 bits per heavy atom. The van der Waals surface area contributed by atoms with Crippen molar-refractivity contribution in [1.29, 1.82) is 0 Å². The molecule has 1 aliphatic rings. The average Bonchev–Trinajstić information content (AvgIpc) is 2.76. The van der Waals surface area contributed by atoms with Crippen LogP contribution in [0.5, 0.6) is 0 Å². The van der Waals surface area contributed by atoms with E-state index >= 15 is 0 Å². The van der Waals surface area contributed by atoms with E-state index in [1.807, 2.05) is 0 Å². The number of amides is 1. The number of aliphatic hydroxyl groups is 1. The Labute approximate surface area is 114 Å². The van der Waals surface area contributed by atoms with Gasteiger partial charge in [0.05, 0.1) is 18.2 Å². The smallest absolute Gasteiger partial charge is 0.255 e. The number of likely N-dealkylation sites (tertiary alicyclic amines) is 1. The van der Waals surface area contributed by atoms with Gasteiger partial charge in [-0.15, -0.1) is 0 Å². The highest BCUT2D eigenvalue weighted by Gasteiger charge is 2.29. The van der Waals surface area contributed by atoms with Crippen LogP contribution in [0.1, 0.15) is 23.2 Å². The number of benzene rings is 1. The monoisotopic (exact) mass is 317 g/mol. The van der Waals surface area contributed by atoms with Crippen LogP contribution >= 0.6 is 27.5 Å². The molecule has 92 valence electrons. The van der Waals surface area contributed by atoms with Crippen LogP contribution in [0.25, 0.3) is 0 Å². The van der Waals surface area contributed by atoms with Crippen LogP contribution in [0, 0.1) is 0 Å². The molecule has 1 aromatic rings. The molecule has 0 saturated carbocycles. The first kappa shape index (κ1) is 12.9. The van der Waals surface area contributed by atoms with Crippen molar-refractivity contribution in [2.24, 2.45) is 0 Å². The minimum absolute atomic E-state index is 0.0248. The molecule has 1 fully saturated rings. The molecular weight excluding hydrogens is 305 g/mol. The van der Waals surface area contributed by atoms with Crippen molar-refractivity contribution < 1.29 is 9.90 Å². The molecule has 1 saturated heterocycles. The molecule has 0 bridgehead atoms. The van der Waals surface area contributed by atoms with Gasteiger partial charge >= 0.3 is 0 Å². The van der Waals surface area contributed by atoms with E-state index in [2.05, 4.69) is 15.9 Å². The molecule has 1 heterocycles. The predicted octanol–water partition coefficient (Wildman–Crippen LogP) is 2.70. The molecule has 5 heteroatoms.